The second-order valence-corrected chi connectivity index (χ2v) is 10.9. The lowest BCUT2D eigenvalue weighted by Gasteiger charge is -2.22. The Bertz CT molecular complexity index is 1690. The van der Waals surface area contributed by atoms with E-state index in [9.17, 15) is 14.7 Å². The minimum Gasteiger partial charge on any atom is -0.381 e. The molecule has 0 bridgehead atoms. The molecule has 0 fully saturated rings. The molecule has 2 atom stereocenters. The van der Waals surface area contributed by atoms with Crippen LogP contribution >= 0.6 is 34.5 Å². The Hall–Kier alpha value is -4.02. The molecule has 0 radical (unpaired) electrons. The highest BCUT2D eigenvalue weighted by Crippen LogP contribution is 2.35. The van der Waals surface area contributed by atoms with Gasteiger partial charge in [0.25, 0.3) is 5.91 Å². The van der Waals surface area contributed by atoms with Crippen molar-refractivity contribution in [2.45, 2.75) is 19.1 Å². The van der Waals surface area contributed by atoms with Gasteiger partial charge in [0.05, 0.1) is 42.9 Å². The number of amides is 2. The first-order valence-corrected chi connectivity index (χ1v) is 13.7. The van der Waals surface area contributed by atoms with Crippen LogP contribution in [0.15, 0.2) is 85.2 Å². The second-order valence-electron chi connectivity index (χ2n) is 9.04. The number of aromatic nitrogens is 3. The molecule has 8 nitrogen and oxygen atoms in total. The van der Waals surface area contributed by atoms with Crippen molar-refractivity contribution >= 4 is 46.4 Å². The number of primary amides is 1. The van der Waals surface area contributed by atoms with Gasteiger partial charge in [-0.1, -0.05) is 53.0 Å². The second kappa shape index (κ2) is 11.6. The molecule has 3 heterocycles. The molecule has 4 N–H and O–H groups in total. The van der Waals surface area contributed by atoms with Crippen molar-refractivity contribution in [3.05, 3.63) is 111 Å². The summed E-state index contributed by atoms with van der Waals surface area (Å²) in [6, 6.07) is 20.4. The Morgan fingerprint density at radius 2 is 1.80 bits per heavy atom. The first kappa shape index (κ1) is 27.5. The number of aliphatic hydroxyl groups is 1. The number of nitrogens with one attached hydrogen (secondary N) is 1. The third-order valence-corrected chi connectivity index (χ3v) is 8.07. The van der Waals surface area contributed by atoms with Gasteiger partial charge in [0, 0.05) is 18.0 Å². The zero-order valence-corrected chi connectivity index (χ0v) is 23.4. The average molecular weight is 593 g/mol. The maximum Gasteiger partial charge on any atom is 0.261 e. The van der Waals surface area contributed by atoms with Crippen molar-refractivity contribution in [3.8, 4) is 27.5 Å². The number of hydrogen-bond acceptors (Lipinski definition) is 6. The van der Waals surface area contributed by atoms with Crippen molar-refractivity contribution in [1.29, 1.82) is 0 Å². The topological polar surface area (TPSA) is 123 Å². The molecule has 0 spiro atoms. The van der Waals surface area contributed by atoms with Crippen LogP contribution in [0, 0.1) is 6.92 Å². The summed E-state index contributed by atoms with van der Waals surface area (Å²) >= 11 is 13.7. The predicted molar refractivity (Wildman–Crippen MR) is 157 cm³/mol. The molecule has 2 aromatic carbocycles. The molecular formula is C29H23Cl2N5O3S. The third kappa shape index (κ3) is 5.78. The monoisotopic (exact) mass is 591 g/mol. The van der Waals surface area contributed by atoms with E-state index in [0.29, 0.717) is 37.6 Å². The van der Waals surface area contributed by atoms with Crippen LogP contribution in [0.25, 0.3) is 27.5 Å². The van der Waals surface area contributed by atoms with Crippen molar-refractivity contribution < 1.29 is 14.7 Å². The van der Waals surface area contributed by atoms with Crippen LogP contribution in [-0.4, -0.2) is 37.8 Å². The average Bonchev–Trinajstić information content (AvgIpc) is 3.62. The van der Waals surface area contributed by atoms with Crippen molar-refractivity contribution in [2.75, 3.05) is 0 Å². The lowest BCUT2D eigenvalue weighted by molar-refractivity contribution is -0.127. The molecule has 2 unspecified atom stereocenters. The number of benzene rings is 2. The summed E-state index contributed by atoms with van der Waals surface area (Å²) in [5, 5.41) is 18.8. The number of rotatable bonds is 8. The molecule has 0 saturated heterocycles. The lowest BCUT2D eigenvalue weighted by atomic mass is 9.99. The van der Waals surface area contributed by atoms with Gasteiger partial charge in [0.15, 0.2) is 6.10 Å². The lowest BCUT2D eigenvalue weighted by Crippen LogP contribution is -2.43. The van der Waals surface area contributed by atoms with Crippen molar-refractivity contribution in [2.24, 2.45) is 5.73 Å². The fraction of sp³-hybridized carbons (Fsp3) is 0.103. The van der Waals surface area contributed by atoms with Gasteiger partial charge in [-0.3, -0.25) is 14.6 Å². The van der Waals surface area contributed by atoms with Gasteiger partial charge in [0.2, 0.25) is 5.91 Å². The predicted octanol–water partition coefficient (Wildman–Crippen LogP) is 5.60. The summed E-state index contributed by atoms with van der Waals surface area (Å²) < 4.78 is 1.73. The molecule has 11 heteroatoms. The smallest absolute Gasteiger partial charge is 0.261 e. The molecule has 0 aliphatic carbocycles. The van der Waals surface area contributed by atoms with E-state index in [1.807, 2.05) is 43.3 Å². The maximum atomic E-state index is 13.3. The minimum atomic E-state index is -1.61. The zero-order chi connectivity index (χ0) is 28.4. The van der Waals surface area contributed by atoms with Gasteiger partial charge in [-0.15, -0.1) is 11.3 Å². The van der Waals surface area contributed by atoms with Crippen LogP contribution in [-0.2, 0) is 4.79 Å². The normalized spacial score (nSPS) is 12.6. The number of nitrogens with zero attached hydrogens (tertiary/aromatic N) is 3. The van der Waals surface area contributed by atoms with Crippen LogP contribution in [0.4, 0.5) is 0 Å². The molecular weight excluding hydrogens is 569 g/mol. The SMILES string of the molecule is Cc1ccc(C(NC(=O)c2ccc(-c3cc(-c4cccnc4)nn3-c3ccc(Cl)c(Cl)c3)s2)C(O)C(N)=O)cc1. The number of carbonyl (C=O) groups excluding carboxylic acids is 2. The van der Waals surface area contributed by atoms with Gasteiger partial charge in [-0.25, -0.2) is 4.68 Å². The third-order valence-electron chi connectivity index (χ3n) is 6.23. The number of aliphatic hydroxyl groups excluding tert-OH is 1. The molecule has 0 aliphatic heterocycles. The largest absolute Gasteiger partial charge is 0.381 e. The highest BCUT2D eigenvalue weighted by atomic mass is 35.5. The van der Waals surface area contributed by atoms with Gasteiger partial charge in [0.1, 0.15) is 0 Å². The summed E-state index contributed by atoms with van der Waals surface area (Å²) in [7, 11) is 0. The number of aryl methyl sites for hydroxylation is 1. The standard InChI is InChI=1S/C29H23Cl2N5O3S/c1-16-4-6-17(7-5-16)26(27(37)28(32)38)34-29(39)25-11-10-24(40-25)23-14-22(18-3-2-12-33-15-18)35-36(23)19-8-9-20(30)21(31)13-19/h2-15,26-27,37H,1H3,(H2,32,38)(H,34,39). The van der Waals surface area contributed by atoms with Crippen LogP contribution in [0.1, 0.15) is 26.8 Å². The van der Waals surface area contributed by atoms with Crippen LogP contribution in [0.2, 0.25) is 10.0 Å². The number of thiophene rings is 1. The first-order chi connectivity index (χ1) is 19.2. The fourth-order valence-corrected chi connectivity index (χ4v) is 5.32. The summed E-state index contributed by atoms with van der Waals surface area (Å²) in [6.07, 6.45) is 1.79. The number of carbonyl (C=O) groups is 2. The van der Waals surface area contributed by atoms with Crippen LogP contribution in [0.3, 0.4) is 0 Å². The van der Waals surface area contributed by atoms with E-state index in [1.54, 1.807) is 53.5 Å². The molecule has 0 saturated carbocycles. The summed E-state index contributed by atoms with van der Waals surface area (Å²) in [6.45, 7) is 1.91. The van der Waals surface area contributed by atoms with Crippen LogP contribution in [0.5, 0.6) is 0 Å². The quantitative estimate of drug-likeness (QED) is 0.217. The van der Waals surface area contributed by atoms with Crippen LogP contribution < -0.4 is 11.1 Å². The molecule has 3 aromatic heterocycles. The highest BCUT2D eigenvalue weighted by Gasteiger charge is 2.28. The number of halogens is 2. The molecule has 5 rings (SSSR count). The van der Waals surface area contributed by atoms with Gasteiger partial charge >= 0.3 is 0 Å². The van der Waals surface area contributed by atoms with E-state index in [2.05, 4.69) is 10.3 Å². The van der Waals surface area contributed by atoms with Crippen molar-refractivity contribution in [3.63, 3.8) is 0 Å². The zero-order valence-electron chi connectivity index (χ0n) is 21.1. The minimum absolute atomic E-state index is 0.369. The molecule has 40 heavy (non-hydrogen) atoms. The Labute approximate surface area is 244 Å². The Morgan fingerprint density at radius 1 is 1.02 bits per heavy atom. The van der Waals surface area contributed by atoms with E-state index in [-0.39, 0.29) is 0 Å². The number of pyridine rings is 1. The van der Waals surface area contributed by atoms with E-state index >= 15 is 0 Å². The van der Waals surface area contributed by atoms with Gasteiger partial charge in [-0.05, 0) is 61.0 Å². The fourth-order valence-electron chi connectivity index (χ4n) is 4.12. The molecule has 5 aromatic rings. The van der Waals surface area contributed by atoms with Gasteiger partial charge < -0.3 is 16.2 Å². The van der Waals surface area contributed by atoms with E-state index in [1.165, 1.54) is 11.3 Å². The number of hydrogen-bond donors (Lipinski definition) is 3. The Morgan fingerprint density at radius 3 is 2.48 bits per heavy atom. The van der Waals surface area contributed by atoms with E-state index in [0.717, 1.165) is 16.0 Å². The molecule has 2 amide bonds. The van der Waals surface area contributed by atoms with E-state index < -0.39 is 24.0 Å². The van der Waals surface area contributed by atoms with Crippen molar-refractivity contribution in [1.82, 2.24) is 20.1 Å². The summed E-state index contributed by atoms with van der Waals surface area (Å²) in [5.74, 6) is -1.40. The Kier molecular flexibility index (Phi) is 7.99. The highest BCUT2D eigenvalue weighted by molar-refractivity contribution is 7.17. The number of nitrogens with two attached hydrogens (primary N) is 1. The first-order valence-electron chi connectivity index (χ1n) is 12.1. The maximum absolute atomic E-state index is 13.3. The summed E-state index contributed by atoms with van der Waals surface area (Å²) in [5.41, 5.74) is 9.82. The molecule has 0 aliphatic rings. The van der Waals surface area contributed by atoms with E-state index in [4.69, 9.17) is 34.0 Å². The summed E-state index contributed by atoms with van der Waals surface area (Å²) in [4.78, 5) is 30.4. The van der Waals surface area contributed by atoms with Gasteiger partial charge in [-0.2, -0.15) is 5.10 Å². The Balaban J connectivity index is 1.50. The molecule has 202 valence electrons.